The predicted octanol–water partition coefficient (Wildman–Crippen LogP) is 5.75. The van der Waals surface area contributed by atoms with Gasteiger partial charge in [-0.15, -0.1) is 0 Å². The Balaban J connectivity index is 1.22. The Morgan fingerprint density at radius 3 is 2.45 bits per heavy atom. The van der Waals surface area contributed by atoms with Crippen molar-refractivity contribution >= 4 is 28.6 Å². The van der Waals surface area contributed by atoms with Gasteiger partial charge in [-0.3, -0.25) is 0 Å². The van der Waals surface area contributed by atoms with Crippen LogP contribution in [0.1, 0.15) is 57.4 Å². The lowest BCUT2D eigenvalue weighted by molar-refractivity contribution is -0.145. The van der Waals surface area contributed by atoms with Crippen molar-refractivity contribution < 1.29 is 37.3 Å². The summed E-state index contributed by atoms with van der Waals surface area (Å²) in [6.07, 6.45) is 6.42. The lowest BCUT2D eigenvalue weighted by Crippen LogP contribution is -2.46. The third-order valence-corrected chi connectivity index (χ3v) is 10.3. The number of aliphatic carboxylic acids is 1. The topological polar surface area (TPSA) is 152 Å². The van der Waals surface area contributed by atoms with Crippen molar-refractivity contribution in [3.63, 3.8) is 0 Å². The van der Waals surface area contributed by atoms with Crippen molar-refractivity contribution in [2.24, 2.45) is 5.41 Å². The maximum atomic E-state index is 14.1. The predicted molar refractivity (Wildman–Crippen MR) is 182 cm³/mol. The van der Waals surface area contributed by atoms with Crippen molar-refractivity contribution in [2.75, 3.05) is 50.3 Å². The minimum absolute atomic E-state index is 0.0379. The number of nitrogens with zero attached hydrogens (tertiary/aromatic N) is 7. The number of hydrogen-bond donors (Lipinski definition) is 2. The number of pyridine rings is 2. The minimum Gasteiger partial charge on any atom is -0.480 e. The second-order valence-electron chi connectivity index (χ2n) is 13.8. The monoisotopic (exact) mass is 710 g/mol. The maximum absolute atomic E-state index is 14.1. The number of nitrogens with one attached hydrogen (secondary N) is 1. The number of hydrogen-bond acceptors (Lipinski definition) is 11. The van der Waals surface area contributed by atoms with Crippen LogP contribution in [0.3, 0.4) is 0 Å². The number of rotatable bonds is 13. The molecular formula is C35H41F3N8O5. The van der Waals surface area contributed by atoms with Crippen LogP contribution in [0.5, 0.6) is 5.88 Å². The highest BCUT2D eigenvalue weighted by molar-refractivity contribution is 5.91. The van der Waals surface area contributed by atoms with Crippen LogP contribution >= 0.6 is 0 Å². The molecule has 3 aliphatic rings. The van der Waals surface area contributed by atoms with Crippen LogP contribution in [0.15, 0.2) is 30.7 Å². The first-order valence-corrected chi connectivity index (χ1v) is 17.2. The molecule has 4 aromatic rings. The minimum atomic E-state index is -4.68. The van der Waals surface area contributed by atoms with Gasteiger partial charge in [-0.1, -0.05) is 6.42 Å². The molecule has 3 atom stereocenters. The molecule has 7 rings (SSSR count). The number of halogens is 3. The molecule has 2 aliphatic heterocycles. The summed E-state index contributed by atoms with van der Waals surface area (Å²) < 4.78 is 58.6. The summed E-state index contributed by atoms with van der Waals surface area (Å²) in [4.78, 5) is 41.6. The number of carboxylic acid groups (broad SMARTS) is 1. The van der Waals surface area contributed by atoms with E-state index >= 15 is 0 Å². The normalized spacial score (nSPS) is 21.1. The van der Waals surface area contributed by atoms with Crippen LogP contribution in [-0.4, -0.2) is 99.7 Å². The van der Waals surface area contributed by atoms with E-state index in [4.69, 9.17) is 39.3 Å². The zero-order valence-electron chi connectivity index (χ0n) is 28.7. The summed E-state index contributed by atoms with van der Waals surface area (Å²) in [5.41, 5.74) is 1.57. The van der Waals surface area contributed by atoms with Gasteiger partial charge >= 0.3 is 12.1 Å². The molecule has 1 aliphatic carbocycles. The maximum Gasteiger partial charge on any atom is 0.421 e. The van der Waals surface area contributed by atoms with E-state index in [9.17, 15) is 18.0 Å². The fraction of sp³-hybridized carbons (Fsp3) is 0.543. The lowest BCUT2D eigenvalue weighted by atomic mass is 9.69. The Hall–Kier alpha value is -4.57. The number of alkyl halides is 3. The molecule has 0 spiro atoms. The number of piperidine rings is 1. The van der Waals surface area contributed by atoms with Crippen LogP contribution in [0.4, 0.5) is 24.7 Å². The zero-order valence-corrected chi connectivity index (χ0v) is 28.7. The number of H-pyrrole nitrogens is 1. The third-order valence-electron chi connectivity index (χ3n) is 10.3. The SMILES string of the molecule is CCOc1ncc(-c2cc(N(C)CC3(COC)CCC3)c3[nH]c(-c4cnc(N5[C@@H]6CC[C@H]5C[C@H](OCC(=O)O)C6)cn4)nc3n2)cc1C(F)(F)F. The van der Waals surface area contributed by atoms with Gasteiger partial charge in [0, 0.05) is 50.0 Å². The molecule has 2 saturated heterocycles. The summed E-state index contributed by atoms with van der Waals surface area (Å²) >= 11 is 0. The number of fused-ring (bicyclic) bond motifs is 3. The smallest absolute Gasteiger partial charge is 0.421 e. The summed E-state index contributed by atoms with van der Waals surface area (Å²) in [7, 11) is 3.64. The standard InChI is InChI=1S/C35H41F3N8O5/c1-4-50-33-24(35(36,37)38)10-20(14-41-33)25-13-27(45(2)18-34(19-49-3)8-5-9-34)30-32(42-25)44-31(43-30)26-15-40-28(16-39-26)46-21-6-7-22(46)12-23(11-21)51-17-29(47)48/h10,13-16,21-23H,4-9,11-12,17-19H2,1-3H3,(H,47,48)(H,42,43,44)/t21-,22+,23-. The Labute approximate surface area is 292 Å². The lowest BCUT2D eigenvalue weighted by Gasteiger charge is -2.44. The first-order valence-electron chi connectivity index (χ1n) is 17.2. The number of aromatic amines is 1. The number of aromatic nitrogens is 6. The molecule has 0 unspecified atom stereocenters. The fourth-order valence-electron chi connectivity index (χ4n) is 7.91. The second kappa shape index (κ2) is 13.9. The van der Waals surface area contributed by atoms with Crippen molar-refractivity contribution in [1.29, 1.82) is 0 Å². The number of carbonyl (C=O) groups is 1. The Kier molecular flexibility index (Phi) is 9.48. The number of ether oxygens (including phenoxy) is 3. The van der Waals surface area contributed by atoms with E-state index in [1.807, 2.05) is 7.05 Å². The van der Waals surface area contributed by atoms with Gasteiger partial charge < -0.3 is 34.1 Å². The number of imidazole rings is 1. The Morgan fingerprint density at radius 2 is 1.84 bits per heavy atom. The highest BCUT2D eigenvalue weighted by Crippen LogP contribution is 2.44. The molecular weight excluding hydrogens is 669 g/mol. The van der Waals surface area contributed by atoms with Crippen molar-refractivity contribution in [1.82, 2.24) is 29.9 Å². The van der Waals surface area contributed by atoms with Gasteiger partial charge in [0.1, 0.15) is 29.2 Å². The number of methoxy groups -OCH3 is 1. The number of anilines is 2. The molecule has 2 N–H and O–H groups in total. The van der Waals surface area contributed by atoms with Gasteiger partial charge in [-0.2, -0.15) is 13.2 Å². The molecule has 6 heterocycles. The molecule has 16 heteroatoms. The van der Waals surface area contributed by atoms with Crippen molar-refractivity contribution in [2.45, 2.75) is 76.2 Å². The largest absolute Gasteiger partial charge is 0.480 e. The summed E-state index contributed by atoms with van der Waals surface area (Å²) in [5.74, 6) is -0.304. The average molecular weight is 711 g/mol. The van der Waals surface area contributed by atoms with E-state index in [0.717, 1.165) is 56.8 Å². The van der Waals surface area contributed by atoms with Gasteiger partial charge in [0.15, 0.2) is 11.5 Å². The second-order valence-corrected chi connectivity index (χ2v) is 13.8. The molecule has 0 aromatic carbocycles. The van der Waals surface area contributed by atoms with E-state index in [0.29, 0.717) is 41.5 Å². The van der Waals surface area contributed by atoms with Gasteiger partial charge in [0.25, 0.3) is 0 Å². The first-order chi connectivity index (χ1) is 24.5. The average Bonchev–Trinajstić information content (AvgIpc) is 3.63. The fourth-order valence-corrected chi connectivity index (χ4v) is 7.91. The van der Waals surface area contributed by atoms with Crippen LogP contribution in [0, 0.1) is 5.41 Å². The summed E-state index contributed by atoms with van der Waals surface area (Å²) in [6, 6.07) is 3.14. The molecule has 272 valence electrons. The highest BCUT2D eigenvalue weighted by atomic mass is 19.4. The van der Waals surface area contributed by atoms with Gasteiger partial charge in [0.2, 0.25) is 5.88 Å². The van der Waals surface area contributed by atoms with E-state index in [1.54, 1.807) is 32.5 Å². The van der Waals surface area contributed by atoms with E-state index in [-0.39, 0.29) is 48.1 Å². The van der Waals surface area contributed by atoms with Gasteiger partial charge in [-0.25, -0.2) is 29.7 Å². The molecule has 3 fully saturated rings. The molecule has 0 amide bonds. The highest BCUT2D eigenvalue weighted by Gasteiger charge is 2.42. The Bertz CT molecular complexity index is 1870. The molecule has 0 radical (unpaired) electrons. The zero-order chi connectivity index (χ0) is 35.9. The third kappa shape index (κ3) is 7.03. The van der Waals surface area contributed by atoms with Crippen molar-refractivity contribution in [3.05, 3.63) is 36.3 Å². The summed E-state index contributed by atoms with van der Waals surface area (Å²) in [5, 5.41) is 9.02. The molecule has 51 heavy (non-hydrogen) atoms. The van der Waals surface area contributed by atoms with Crippen molar-refractivity contribution in [3.8, 4) is 28.7 Å². The van der Waals surface area contributed by atoms with E-state index in [2.05, 4.69) is 19.8 Å². The van der Waals surface area contributed by atoms with E-state index < -0.39 is 23.6 Å². The first kappa shape index (κ1) is 34.9. The molecule has 1 saturated carbocycles. The van der Waals surface area contributed by atoms with Crippen LogP contribution in [0.2, 0.25) is 0 Å². The molecule has 13 nitrogen and oxygen atoms in total. The quantitative estimate of drug-likeness (QED) is 0.174. The van der Waals surface area contributed by atoms with Crippen LogP contribution in [0.25, 0.3) is 33.9 Å². The molecule has 4 aromatic heterocycles. The van der Waals surface area contributed by atoms with Crippen LogP contribution in [-0.2, 0) is 20.4 Å². The Morgan fingerprint density at radius 1 is 1.08 bits per heavy atom. The number of carboxylic acids is 1. The van der Waals surface area contributed by atoms with Crippen LogP contribution < -0.4 is 14.5 Å². The molecule has 2 bridgehead atoms. The summed E-state index contributed by atoms with van der Waals surface area (Å²) in [6.45, 7) is 2.61. The van der Waals surface area contributed by atoms with Gasteiger partial charge in [0.05, 0.1) is 43.1 Å². The van der Waals surface area contributed by atoms with E-state index in [1.165, 1.54) is 6.20 Å². The van der Waals surface area contributed by atoms with Gasteiger partial charge in [-0.05, 0) is 57.6 Å².